The lowest BCUT2D eigenvalue weighted by atomic mass is 9.89. The number of piperidine rings is 2. The fourth-order valence-corrected chi connectivity index (χ4v) is 4.29. The molecule has 0 spiro atoms. The van der Waals surface area contributed by atoms with Gasteiger partial charge in [-0.1, -0.05) is 13.8 Å². The molecule has 4 N–H and O–H groups in total. The lowest BCUT2D eigenvalue weighted by Gasteiger charge is -2.37. The molecule has 1 aromatic heterocycles. The zero-order chi connectivity index (χ0) is 19.4. The molecule has 0 saturated carbocycles. The van der Waals surface area contributed by atoms with Crippen LogP contribution in [0.5, 0.6) is 0 Å². The third kappa shape index (κ3) is 5.42. The average Bonchev–Trinajstić information content (AvgIpc) is 3.08. The lowest BCUT2D eigenvalue weighted by Crippen LogP contribution is -2.45. The van der Waals surface area contributed by atoms with Crippen molar-refractivity contribution >= 4 is 11.9 Å². The summed E-state index contributed by atoms with van der Waals surface area (Å²) in [6, 6.07) is 0. The molecule has 2 fully saturated rings. The molecule has 1 atom stereocenters. The number of nitrogens with one attached hydrogen (secondary N) is 1. The first-order valence-corrected chi connectivity index (χ1v) is 10.3. The zero-order valence-electron chi connectivity index (χ0n) is 16.6. The number of aliphatic hydroxyl groups is 1. The number of aromatic amines is 1. The van der Waals surface area contributed by atoms with E-state index < -0.39 is 0 Å². The van der Waals surface area contributed by atoms with Crippen molar-refractivity contribution < 1.29 is 9.90 Å². The van der Waals surface area contributed by atoms with Crippen LogP contribution in [0.15, 0.2) is 0 Å². The highest BCUT2D eigenvalue weighted by molar-refractivity contribution is 5.76. The number of likely N-dealkylation sites (tertiary alicyclic amines) is 2. The van der Waals surface area contributed by atoms with Gasteiger partial charge in [0.25, 0.3) is 0 Å². The minimum absolute atomic E-state index is 0.257. The number of anilines is 1. The van der Waals surface area contributed by atoms with E-state index in [0.717, 1.165) is 64.2 Å². The quantitative estimate of drug-likeness (QED) is 0.686. The summed E-state index contributed by atoms with van der Waals surface area (Å²) in [4.78, 5) is 20.7. The molecule has 8 nitrogen and oxygen atoms in total. The van der Waals surface area contributed by atoms with Gasteiger partial charge >= 0.3 is 0 Å². The second-order valence-corrected chi connectivity index (χ2v) is 8.54. The first kappa shape index (κ1) is 20.1. The molecule has 1 aromatic rings. The Morgan fingerprint density at radius 3 is 2.44 bits per heavy atom. The fraction of sp³-hybridized carbons (Fsp3) is 0.842. The summed E-state index contributed by atoms with van der Waals surface area (Å²) >= 11 is 0. The van der Waals surface area contributed by atoms with Crippen LogP contribution in [0.1, 0.15) is 57.7 Å². The van der Waals surface area contributed by atoms with Crippen LogP contribution in [-0.4, -0.2) is 74.8 Å². The van der Waals surface area contributed by atoms with E-state index in [4.69, 9.17) is 5.73 Å². The Balaban J connectivity index is 1.39. The number of carbonyl (C=O) groups is 1. The van der Waals surface area contributed by atoms with Gasteiger partial charge in [0.05, 0.1) is 6.10 Å². The lowest BCUT2D eigenvalue weighted by molar-refractivity contribution is -0.134. The van der Waals surface area contributed by atoms with Crippen molar-refractivity contribution in [2.75, 3.05) is 38.5 Å². The number of aromatic nitrogens is 3. The highest BCUT2D eigenvalue weighted by Crippen LogP contribution is 2.27. The van der Waals surface area contributed by atoms with E-state index in [1.807, 2.05) is 4.90 Å². The summed E-state index contributed by atoms with van der Waals surface area (Å²) < 4.78 is 0. The smallest absolute Gasteiger partial charge is 0.239 e. The topological polar surface area (TPSA) is 111 Å². The molecule has 1 amide bonds. The number of hydrogen-bond donors (Lipinski definition) is 3. The van der Waals surface area contributed by atoms with Crippen LogP contribution in [0.2, 0.25) is 0 Å². The Kier molecular flexibility index (Phi) is 6.70. The van der Waals surface area contributed by atoms with Crippen LogP contribution in [0, 0.1) is 11.8 Å². The highest BCUT2D eigenvalue weighted by Gasteiger charge is 2.30. The summed E-state index contributed by atoms with van der Waals surface area (Å²) in [5, 5.41) is 17.5. The number of β-amino-alcohol motifs (C(OH)–C–C–N with tert-alkyl or cyclic N) is 1. The normalized spacial score (nSPS) is 21.7. The molecule has 0 aromatic carbocycles. The third-order valence-electron chi connectivity index (χ3n) is 5.96. The van der Waals surface area contributed by atoms with Gasteiger partial charge in [-0.05, 0) is 50.6 Å². The molecule has 8 heteroatoms. The summed E-state index contributed by atoms with van der Waals surface area (Å²) in [6.45, 7) is 8.34. The van der Waals surface area contributed by atoms with Crippen molar-refractivity contribution in [3.63, 3.8) is 0 Å². The van der Waals surface area contributed by atoms with E-state index in [0.29, 0.717) is 30.1 Å². The molecular weight excluding hydrogens is 344 g/mol. The van der Waals surface area contributed by atoms with E-state index in [-0.39, 0.29) is 12.0 Å². The van der Waals surface area contributed by atoms with E-state index >= 15 is 0 Å². The molecule has 27 heavy (non-hydrogen) atoms. The van der Waals surface area contributed by atoms with Crippen LogP contribution in [0.4, 0.5) is 5.95 Å². The summed E-state index contributed by atoms with van der Waals surface area (Å²) in [7, 11) is 0. The number of amides is 1. The van der Waals surface area contributed by atoms with Gasteiger partial charge in [0, 0.05) is 32.0 Å². The maximum absolute atomic E-state index is 12.2. The highest BCUT2D eigenvalue weighted by atomic mass is 16.3. The number of nitrogens with two attached hydrogens (primary N) is 1. The third-order valence-corrected chi connectivity index (χ3v) is 5.96. The first-order valence-electron chi connectivity index (χ1n) is 10.3. The van der Waals surface area contributed by atoms with Crippen molar-refractivity contribution in [3.05, 3.63) is 5.82 Å². The molecule has 2 aliphatic rings. The number of hydrogen-bond acceptors (Lipinski definition) is 6. The van der Waals surface area contributed by atoms with Gasteiger partial charge in [-0.3, -0.25) is 9.89 Å². The van der Waals surface area contributed by atoms with E-state index in [1.165, 1.54) is 0 Å². The Labute approximate surface area is 161 Å². The molecule has 0 radical (unpaired) electrons. The Morgan fingerprint density at radius 1 is 1.22 bits per heavy atom. The molecule has 2 aliphatic heterocycles. The molecule has 3 rings (SSSR count). The average molecular weight is 379 g/mol. The summed E-state index contributed by atoms with van der Waals surface area (Å²) in [5.74, 6) is 2.51. The molecule has 152 valence electrons. The van der Waals surface area contributed by atoms with Gasteiger partial charge in [-0.25, -0.2) is 0 Å². The standard InChI is InChI=1S/C19H34N6O2/c1-13(2)11-17(27)25-9-5-14(6-10-25)16(26)12-24-7-3-15(4-8-24)18-21-19(20)23-22-18/h13-16,26H,3-12H2,1-2H3,(H3,20,21,22,23). The number of carbonyl (C=O) groups excluding carboxylic acids is 1. The SMILES string of the molecule is CC(C)CC(=O)N1CCC(C(O)CN2CCC(c3nc(N)n[nH]3)CC2)CC1. The largest absolute Gasteiger partial charge is 0.392 e. The van der Waals surface area contributed by atoms with Gasteiger partial charge in [-0.15, -0.1) is 5.10 Å². The summed E-state index contributed by atoms with van der Waals surface area (Å²) in [6.07, 6.45) is 4.12. The summed E-state index contributed by atoms with van der Waals surface area (Å²) in [5.41, 5.74) is 5.59. The molecule has 3 heterocycles. The van der Waals surface area contributed by atoms with Crippen LogP contribution < -0.4 is 5.73 Å². The molecular formula is C19H34N6O2. The van der Waals surface area contributed by atoms with Crippen LogP contribution in [0.25, 0.3) is 0 Å². The first-order chi connectivity index (χ1) is 12.9. The molecule has 0 aliphatic carbocycles. The Bertz CT molecular complexity index is 603. The maximum Gasteiger partial charge on any atom is 0.239 e. The Hall–Kier alpha value is -1.67. The predicted octanol–water partition coefficient (Wildman–Crippen LogP) is 1.21. The minimum atomic E-state index is -0.315. The molecule has 1 unspecified atom stereocenters. The predicted molar refractivity (Wildman–Crippen MR) is 104 cm³/mol. The zero-order valence-corrected chi connectivity index (χ0v) is 16.6. The number of H-pyrrole nitrogens is 1. The fourth-order valence-electron chi connectivity index (χ4n) is 4.29. The van der Waals surface area contributed by atoms with E-state index in [9.17, 15) is 9.90 Å². The van der Waals surface area contributed by atoms with Crippen molar-refractivity contribution in [3.8, 4) is 0 Å². The number of rotatable bonds is 6. The van der Waals surface area contributed by atoms with Gasteiger partial charge in [-0.2, -0.15) is 4.98 Å². The van der Waals surface area contributed by atoms with Crippen molar-refractivity contribution in [2.45, 2.75) is 58.0 Å². The Morgan fingerprint density at radius 2 is 1.89 bits per heavy atom. The number of nitrogens with zero attached hydrogens (tertiary/aromatic N) is 4. The monoisotopic (exact) mass is 378 g/mol. The molecule has 0 bridgehead atoms. The van der Waals surface area contributed by atoms with Gasteiger partial charge in [0.2, 0.25) is 11.9 Å². The van der Waals surface area contributed by atoms with Gasteiger partial charge in [0.1, 0.15) is 5.82 Å². The van der Waals surface area contributed by atoms with Crippen molar-refractivity contribution in [1.82, 2.24) is 25.0 Å². The van der Waals surface area contributed by atoms with Crippen molar-refractivity contribution in [1.29, 1.82) is 0 Å². The second-order valence-electron chi connectivity index (χ2n) is 8.54. The van der Waals surface area contributed by atoms with Crippen molar-refractivity contribution in [2.24, 2.45) is 11.8 Å². The molecule has 2 saturated heterocycles. The number of aliphatic hydroxyl groups excluding tert-OH is 1. The van der Waals surface area contributed by atoms with E-state index in [2.05, 4.69) is 33.9 Å². The minimum Gasteiger partial charge on any atom is -0.392 e. The second kappa shape index (κ2) is 9.01. The number of nitrogen functional groups attached to an aromatic ring is 1. The van der Waals surface area contributed by atoms with E-state index in [1.54, 1.807) is 0 Å². The van der Waals surface area contributed by atoms with Gasteiger partial charge in [0.15, 0.2) is 0 Å². The van der Waals surface area contributed by atoms with Gasteiger partial charge < -0.3 is 20.6 Å². The maximum atomic E-state index is 12.2. The van der Waals surface area contributed by atoms with Crippen LogP contribution in [-0.2, 0) is 4.79 Å². The van der Waals surface area contributed by atoms with Crippen LogP contribution >= 0.6 is 0 Å². The van der Waals surface area contributed by atoms with Crippen LogP contribution in [0.3, 0.4) is 0 Å².